The van der Waals surface area contributed by atoms with Crippen LogP contribution in [-0.4, -0.2) is 11.5 Å². The van der Waals surface area contributed by atoms with Gasteiger partial charge >= 0.3 is 0 Å². The number of fused-ring (bicyclic) bond motifs is 3. The molecule has 1 aromatic heterocycles. The number of nitrogens with one attached hydrogen (secondary N) is 1. The Labute approximate surface area is 96.9 Å². The number of benzene rings is 1. The second-order valence-electron chi connectivity index (χ2n) is 3.49. The van der Waals surface area contributed by atoms with Gasteiger partial charge in [0.15, 0.2) is 0 Å². The standard InChI is InChI=1S/C11H9ClN2S/c12-7-1-2-8-9(5-7)13-4-3-10-11(8)14-6-15-10/h1-2,5-6,13H,3-4H2. The Hall–Kier alpha value is -1.06. The quantitative estimate of drug-likeness (QED) is 0.758. The van der Waals surface area contributed by atoms with Crippen molar-refractivity contribution in [2.24, 2.45) is 0 Å². The first-order valence-electron chi connectivity index (χ1n) is 4.81. The Morgan fingerprint density at radius 2 is 2.33 bits per heavy atom. The first-order valence-corrected chi connectivity index (χ1v) is 6.06. The fourth-order valence-electron chi connectivity index (χ4n) is 1.85. The summed E-state index contributed by atoms with van der Waals surface area (Å²) in [6.07, 6.45) is 1.03. The summed E-state index contributed by atoms with van der Waals surface area (Å²) in [4.78, 5) is 5.77. The number of thiazole rings is 1. The lowest BCUT2D eigenvalue weighted by Crippen LogP contribution is -2.01. The third kappa shape index (κ3) is 1.52. The highest BCUT2D eigenvalue weighted by molar-refractivity contribution is 7.10. The minimum Gasteiger partial charge on any atom is -0.384 e. The Bertz CT molecular complexity index is 507. The molecule has 1 N–H and O–H groups in total. The molecule has 0 saturated heterocycles. The lowest BCUT2D eigenvalue weighted by atomic mass is 10.1. The fourth-order valence-corrected chi connectivity index (χ4v) is 2.80. The van der Waals surface area contributed by atoms with Crippen LogP contribution < -0.4 is 5.32 Å². The van der Waals surface area contributed by atoms with Gasteiger partial charge in [-0.25, -0.2) is 4.98 Å². The predicted octanol–water partition coefficient (Wildman–Crippen LogP) is 3.43. The summed E-state index contributed by atoms with van der Waals surface area (Å²) >= 11 is 7.70. The van der Waals surface area contributed by atoms with Gasteiger partial charge in [0.2, 0.25) is 0 Å². The van der Waals surface area contributed by atoms with E-state index < -0.39 is 0 Å². The molecule has 0 saturated carbocycles. The number of halogens is 1. The molecule has 0 amide bonds. The number of hydrogen-bond acceptors (Lipinski definition) is 3. The van der Waals surface area contributed by atoms with Crippen LogP contribution in [0.3, 0.4) is 0 Å². The van der Waals surface area contributed by atoms with Crippen LogP contribution in [0.1, 0.15) is 4.88 Å². The molecule has 3 rings (SSSR count). The van der Waals surface area contributed by atoms with Crippen LogP contribution in [0.15, 0.2) is 23.7 Å². The van der Waals surface area contributed by atoms with E-state index in [1.54, 1.807) is 11.3 Å². The maximum atomic E-state index is 5.97. The molecule has 0 unspecified atom stereocenters. The first-order chi connectivity index (χ1) is 7.34. The Morgan fingerprint density at radius 3 is 3.27 bits per heavy atom. The van der Waals surface area contributed by atoms with Gasteiger partial charge in [-0.1, -0.05) is 11.6 Å². The van der Waals surface area contributed by atoms with E-state index in [1.165, 1.54) is 4.88 Å². The smallest absolute Gasteiger partial charge is 0.0864 e. The molecule has 76 valence electrons. The summed E-state index contributed by atoms with van der Waals surface area (Å²) in [5, 5.41) is 4.15. The van der Waals surface area contributed by atoms with Crippen LogP contribution >= 0.6 is 22.9 Å². The summed E-state index contributed by atoms with van der Waals surface area (Å²) in [7, 11) is 0. The zero-order valence-corrected chi connectivity index (χ0v) is 9.53. The van der Waals surface area contributed by atoms with E-state index in [1.807, 2.05) is 23.7 Å². The lowest BCUT2D eigenvalue weighted by Gasteiger charge is -2.06. The molecular weight excluding hydrogens is 228 g/mol. The molecule has 4 heteroatoms. The van der Waals surface area contributed by atoms with Gasteiger partial charge in [-0.05, 0) is 18.2 Å². The second-order valence-corrected chi connectivity index (χ2v) is 4.87. The molecule has 0 fully saturated rings. The van der Waals surface area contributed by atoms with E-state index in [-0.39, 0.29) is 0 Å². The van der Waals surface area contributed by atoms with Crippen LogP contribution in [0.25, 0.3) is 11.3 Å². The van der Waals surface area contributed by atoms with E-state index in [9.17, 15) is 0 Å². The molecule has 0 aliphatic carbocycles. The van der Waals surface area contributed by atoms with Crippen molar-refractivity contribution in [3.63, 3.8) is 0 Å². The van der Waals surface area contributed by atoms with E-state index in [2.05, 4.69) is 10.3 Å². The maximum Gasteiger partial charge on any atom is 0.0864 e. The van der Waals surface area contributed by atoms with Crippen molar-refractivity contribution < 1.29 is 0 Å². The topological polar surface area (TPSA) is 24.9 Å². The van der Waals surface area contributed by atoms with Crippen LogP contribution in [-0.2, 0) is 6.42 Å². The molecule has 15 heavy (non-hydrogen) atoms. The van der Waals surface area contributed by atoms with Gasteiger partial charge in [0.05, 0.1) is 11.2 Å². The van der Waals surface area contributed by atoms with Crippen LogP contribution in [0, 0.1) is 0 Å². The van der Waals surface area contributed by atoms with Gasteiger partial charge < -0.3 is 5.32 Å². The fraction of sp³-hybridized carbons (Fsp3) is 0.182. The molecule has 0 atom stereocenters. The third-order valence-electron chi connectivity index (χ3n) is 2.55. The first kappa shape index (κ1) is 9.19. The summed E-state index contributed by atoms with van der Waals surface area (Å²) in [6, 6.07) is 5.91. The van der Waals surface area contributed by atoms with E-state index in [0.717, 1.165) is 34.9 Å². The Kier molecular flexibility index (Phi) is 2.15. The van der Waals surface area contributed by atoms with Crippen molar-refractivity contribution in [2.45, 2.75) is 6.42 Å². The number of hydrogen-bond donors (Lipinski definition) is 1. The number of nitrogens with zero attached hydrogens (tertiary/aromatic N) is 1. The van der Waals surface area contributed by atoms with Gasteiger partial charge in [0, 0.05) is 34.1 Å². The van der Waals surface area contributed by atoms with Crippen molar-refractivity contribution in [2.75, 3.05) is 11.9 Å². The monoisotopic (exact) mass is 236 g/mol. The highest BCUT2D eigenvalue weighted by Gasteiger charge is 2.16. The molecule has 2 nitrogen and oxygen atoms in total. The SMILES string of the molecule is Clc1ccc2c(c1)NCCc1scnc1-2. The van der Waals surface area contributed by atoms with Gasteiger partial charge in [0.25, 0.3) is 0 Å². The lowest BCUT2D eigenvalue weighted by molar-refractivity contribution is 1.06. The molecule has 1 aromatic carbocycles. The highest BCUT2D eigenvalue weighted by Crippen LogP contribution is 2.35. The zero-order chi connectivity index (χ0) is 10.3. The highest BCUT2D eigenvalue weighted by atomic mass is 35.5. The second kappa shape index (κ2) is 3.51. The molecule has 2 aromatic rings. The normalized spacial score (nSPS) is 13.7. The van der Waals surface area contributed by atoms with Gasteiger partial charge in [-0.15, -0.1) is 11.3 Å². The van der Waals surface area contributed by atoms with Crippen molar-refractivity contribution in [3.8, 4) is 11.3 Å². The summed E-state index contributed by atoms with van der Waals surface area (Å²) in [5.41, 5.74) is 5.27. The Morgan fingerprint density at radius 1 is 1.40 bits per heavy atom. The molecule has 1 aliphatic rings. The largest absolute Gasteiger partial charge is 0.384 e. The van der Waals surface area contributed by atoms with Crippen LogP contribution in [0.4, 0.5) is 5.69 Å². The van der Waals surface area contributed by atoms with Gasteiger partial charge in [0.1, 0.15) is 0 Å². The number of aromatic nitrogens is 1. The maximum absolute atomic E-state index is 5.97. The molecule has 1 aliphatic heterocycles. The predicted molar refractivity (Wildman–Crippen MR) is 64.8 cm³/mol. The Balaban J connectivity index is 2.25. The molecule has 0 radical (unpaired) electrons. The number of anilines is 1. The minimum atomic E-state index is 0.764. The average Bonchev–Trinajstić information content (AvgIpc) is 2.61. The molecule has 0 bridgehead atoms. The van der Waals surface area contributed by atoms with Gasteiger partial charge in [-0.3, -0.25) is 0 Å². The molecule has 2 heterocycles. The molecule has 0 spiro atoms. The zero-order valence-electron chi connectivity index (χ0n) is 7.96. The summed E-state index contributed by atoms with van der Waals surface area (Å²) in [6.45, 7) is 0.947. The van der Waals surface area contributed by atoms with Crippen molar-refractivity contribution in [3.05, 3.63) is 33.6 Å². The third-order valence-corrected chi connectivity index (χ3v) is 3.67. The van der Waals surface area contributed by atoms with Crippen molar-refractivity contribution in [1.29, 1.82) is 0 Å². The van der Waals surface area contributed by atoms with Crippen LogP contribution in [0.5, 0.6) is 0 Å². The van der Waals surface area contributed by atoms with E-state index in [4.69, 9.17) is 11.6 Å². The number of rotatable bonds is 0. The van der Waals surface area contributed by atoms with E-state index >= 15 is 0 Å². The summed E-state index contributed by atoms with van der Waals surface area (Å²) < 4.78 is 0. The van der Waals surface area contributed by atoms with E-state index in [0.29, 0.717) is 0 Å². The summed E-state index contributed by atoms with van der Waals surface area (Å²) in [5.74, 6) is 0. The average molecular weight is 237 g/mol. The molecular formula is C11H9ClN2S. The van der Waals surface area contributed by atoms with Crippen LogP contribution in [0.2, 0.25) is 5.02 Å². The van der Waals surface area contributed by atoms with Crippen molar-refractivity contribution in [1.82, 2.24) is 4.98 Å². The van der Waals surface area contributed by atoms with Gasteiger partial charge in [-0.2, -0.15) is 0 Å². The van der Waals surface area contributed by atoms with Crippen molar-refractivity contribution >= 4 is 28.6 Å². The minimum absolute atomic E-state index is 0.764.